The Kier molecular flexibility index (Phi) is 6.32. The highest BCUT2D eigenvalue weighted by molar-refractivity contribution is 6.06. The molecule has 1 saturated carbocycles. The topological polar surface area (TPSA) is 69.0 Å². The minimum Gasteiger partial charge on any atom is -0.494 e. The number of hydrogen-bond donors (Lipinski definition) is 1. The van der Waals surface area contributed by atoms with Gasteiger partial charge in [0.2, 0.25) is 0 Å². The van der Waals surface area contributed by atoms with Gasteiger partial charge < -0.3 is 10.1 Å². The van der Waals surface area contributed by atoms with Gasteiger partial charge in [-0.1, -0.05) is 13.8 Å². The molecule has 3 aromatic rings. The van der Waals surface area contributed by atoms with Gasteiger partial charge in [0.1, 0.15) is 11.4 Å². The molecule has 1 aliphatic rings. The number of nitrogens with one attached hydrogen (secondary N) is 1. The molecule has 4 rings (SSSR count). The highest BCUT2D eigenvalue weighted by atomic mass is 19.4. The Labute approximate surface area is 190 Å². The monoisotopic (exact) mass is 460 g/mol. The molecule has 0 unspecified atom stereocenters. The van der Waals surface area contributed by atoms with Crippen LogP contribution >= 0.6 is 0 Å². The number of carbonyl (C=O) groups excluding carboxylic acids is 1. The van der Waals surface area contributed by atoms with Crippen molar-refractivity contribution in [2.24, 2.45) is 11.8 Å². The molecule has 1 N–H and O–H groups in total. The fourth-order valence-corrected chi connectivity index (χ4v) is 4.48. The molecule has 9 heteroatoms. The van der Waals surface area contributed by atoms with Crippen LogP contribution in [0.3, 0.4) is 0 Å². The van der Waals surface area contributed by atoms with Gasteiger partial charge in [-0.25, -0.2) is 0 Å². The molecule has 0 radical (unpaired) electrons. The van der Waals surface area contributed by atoms with E-state index in [4.69, 9.17) is 9.84 Å². The van der Waals surface area contributed by atoms with Gasteiger partial charge in [0.25, 0.3) is 5.91 Å². The number of aromatic nitrogens is 3. The van der Waals surface area contributed by atoms with Gasteiger partial charge in [-0.3, -0.25) is 14.5 Å². The Balaban J connectivity index is 1.56. The summed E-state index contributed by atoms with van der Waals surface area (Å²) in [6, 6.07) is 5.76. The van der Waals surface area contributed by atoms with Crippen LogP contribution in [0.25, 0.3) is 10.9 Å². The van der Waals surface area contributed by atoms with Gasteiger partial charge in [-0.2, -0.15) is 18.3 Å². The first-order valence-corrected chi connectivity index (χ1v) is 11.1. The molecule has 1 aliphatic carbocycles. The number of anilines is 1. The van der Waals surface area contributed by atoms with E-state index >= 15 is 0 Å². The summed E-state index contributed by atoms with van der Waals surface area (Å²) in [5.41, 5.74) is -0.161. The largest absolute Gasteiger partial charge is 0.494 e. The van der Waals surface area contributed by atoms with Gasteiger partial charge in [-0.15, -0.1) is 0 Å². The number of methoxy groups -OCH3 is 1. The van der Waals surface area contributed by atoms with Gasteiger partial charge in [0.05, 0.1) is 24.4 Å². The van der Waals surface area contributed by atoms with Crippen LogP contribution in [0.15, 0.2) is 36.7 Å². The van der Waals surface area contributed by atoms with Crippen molar-refractivity contribution in [3.05, 3.63) is 47.9 Å². The summed E-state index contributed by atoms with van der Waals surface area (Å²) in [7, 11) is 1.47. The number of benzene rings is 1. The van der Waals surface area contributed by atoms with E-state index in [-0.39, 0.29) is 5.56 Å². The smallest absolute Gasteiger partial charge is 0.433 e. The first-order chi connectivity index (χ1) is 15.7. The minimum absolute atomic E-state index is 0.142. The van der Waals surface area contributed by atoms with Crippen LogP contribution in [0.4, 0.5) is 18.9 Å². The highest BCUT2D eigenvalue weighted by Crippen LogP contribution is 2.37. The van der Waals surface area contributed by atoms with Crippen LogP contribution in [-0.2, 0) is 6.18 Å². The number of nitrogens with zero attached hydrogens (tertiary/aromatic N) is 3. The van der Waals surface area contributed by atoms with E-state index in [1.807, 2.05) is 10.9 Å². The van der Waals surface area contributed by atoms with Crippen molar-refractivity contribution in [1.82, 2.24) is 14.8 Å². The molecule has 1 aromatic carbocycles. The molecule has 0 saturated heterocycles. The molecule has 176 valence electrons. The number of fused-ring (bicyclic) bond motifs is 1. The second-order valence-electron chi connectivity index (χ2n) is 8.91. The second-order valence-corrected chi connectivity index (χ2v) is 8.91. The van der Waals surface area contributed by atoms with Gasteiger partial charge in [0.15, 0.2) is 0 Å². The van der Waals surface area contributed by atoms with Crippen LogP contribution in [0.5, 0.6) is 5.75 Å². The predicted molar refractivity (Wildman–Crippen MR) is 119 cm³/mol. The maximum atomic E-state index is 12.9. The van der Waals surface area contributed by atoms with E-state index in [0.717, 1.165) is 41.9 Å². The van der Waals surface area contributed by atoms with Crippen LogP contribution in [-0.4, -0.2) is 27.8 Å². The third kappa shape index (κ3) is 4.96. The fraction of sp³-hybridized carbons (Fsp3) is 0.458. The number of amides is 1. The maximum Gasteiger partial charge on any atom is 0.433 e. The van der Waals surface area contributed by atoms with Gasteiger partial charge in [-0.05, 0) is 55.7 Å². The molecule has 0 bridgehead atoms. The summed E-state index contributed by atoms with van der Waals surface area (Å²) in [5.74, 6) is 1.14. The van der Waals surface area contributed by atoms with Gasteiger partial charge >= 0.3 is 6.18 Å². The lowest BCUT2D eigenvalue weighted by Gasteiger charge is -2.30. The molecule has 0 atom stereocenters. The van der Waals surface area contributed by atoms with E-state index in [1.165, 1.54) is 26.0 Å². The van der Waals surface area contributed by atoms with E-state index in [2.05, 4.69) is 24.1 Å². The Hall–Kier alpha value is -3.10. The van der Waals surface area contributed by atoms with E-state index in [1.54, 1.807) is 12.1 Å². The lowest BCUT2D eigenvalue weighted by Crippen LogP contribution is -2.21. The molecule has 6 nitrogen and oxygen atoms in total. The van der Waals surface area contributed by atoms with Crippen molar-refractivity contribution in [3.63, 3.8) is 0 Å². The number of alkyl halides is 3. The Morgan fingerprint density at radius 3 is 2.55 bits per heavy atom. The van der Waals surface area contributed by atoms with Crippen molar-refractivity contribution >= 4 is 22.5 Å². The number of halogens is 3. The van der Waals surface area contributed by atoms with Gasteiger partial charge in [0, 0.05) is 29.4 Å². The van der Waals surface area contributed by atoms with Crippen molar-refractivity contribution in [2.45, 2.75) is 51.7 Å². The summed E-state index contributed by atoms with van der Waals surface area (Å²) in [6.07, 6.45) is 2.79. The fourth-order valence-electron chi connectivity index (χ4n) is 4.48. The Morgan fingerprint density at radius 2 is 1.91 bits per heavy atom. The van der Waals surface area contributed by atoms with Crippen molar-refractivity contribution in [3.8, 4) is 5.75 Å². The predicted octanol–water partition coefficient (Wildman–Crippen LogP) is 6.10. The molecule has 1 amide bonds. The first-order valence-electron chi connectivity index (χ1n) is 11.1. The molecule has 0 spiro atoms. The third-order valence-corrected chi connectivity index (χ3v) is 6.46. The van der Waals surface area contributed by atoms with Crippen molar-refractivity contribution in [2.75, 3.05) is 12.4 Å². The normalized spacial score (nSPS) is 19.1. The number of pyridine rings is 1. The molecule has 2 aromatic heterocycles. The summed E-state index contributed by atoms with van der Waals surface area (Å²) < 4.78 is 46.2. The van der Waals surface area contributed by atoms with Crippen molar-refractivity contribution < 1.29 is 22.7 Å². The van der Waals surface area contributed by atoms with Crippen LogP contribution in [0.1, 0.15) is 61.6 Å². The molecular formula is C24H27F3N4O2. The lowest BCUT2D eigenvalue weighted by atomic mass is 9.80. The average molecular weight is 461 g/mol. The molecule has 0 aliphatic heterocycles. The number of rotatable bonds is 5. The number of ether oxygens (including phenoxy) is 1. The molecular weight excluding hydrogens is 433 g/mol. The summed E-state index contributed by atoms with van der Waals surface area (Å²) in [4.78, 5) is 15.9. The number of hydrogen-bond acceptors (Lipinski definition) is 4. The Bertz CT molecular complexity index is 1150. The van der Waals surface area contributed by atoms with Crippen LogP contribution in [0.2, 0.25) is 0 Å². The first kappa shape index (κ1) is 23.1. The minimum atomic E-state index is -4.63. The number of carbonyl (C=O) groups is 1. The SMILES string of the molecule is COc1cc2nn(C3CCC(C(C)C)CC3)cc2cc1NC(=O)c1ccnc(C(F)(F)F)c1. The zero-order chi connectivity index (χ0) is 23.8. The zero-order valence-electron chi connectivity index (χ0n) is 18.8. The standard InChI is InChI=1S/C24H27F3N4O2/c1-14(2)15-4-6-18(7-5-15)31-13-17-10-20(21(33-3)12-19(17)30-31)29-23(32)16-8-9-28-22(11-16)24(25,26)27/h8-15,18H,4-7H2,1-3H3,(H,29,32). The lowest BCUT2D eigenvalue weighted by molar-refractivity contribution is -0.141. The van der Waals surface area contributed by atoms with E-state index in [9.17, 15) is 18.0 Å². The van der Waals surface area contributed by atoms with E-state index in [0.29, 0.717) is 23.4 Å². The van der Waals surface area contributed by atoms with Crippen LogP contribution < -0.4 is 10.1 Å². The summed E-state index contributed by atoms with van der Waals surface area (Å²) in [5, 5.41) is 8.20. The Morgan fingerprint density at radius 1 is 1.18 bits per heavy atom. The molecule has 1 fully saturated rings. The maximum absolute atomic E-state index is 12.9. The quantitative estimate of drug-likeness (QED) is 0.500. The highest BCUT2D eigenvalue weighted by Gasteiger charge is 2.33. The van der Waals surface area contributed by atoms with Crippen molar-refractivity contribution in [1.29, 1.82) is 0 Å². The third-order valence-electron chi connectivity index (χ3n) is 6.46. The van der Waals surface area contributed by atoms with Crippen LogP contribution in [0, 0.1) is 11.8 Å². The second kappa shape index (κ2) is 9.03. The van der Waals surface area contributed by atoms with E-state index < -0.39 is 17.8 Å². The summed E-state index contributed by atoms with van der Waals surface area (Å²) in [6.45, 7) is 4.54. The molecule has 33 heavy (non-hydrogen) atoms. The average Bonchev–Trinajstić information content (AvgIpc) is 3.21. The zero-order valence-corrected chi connectivity index (χ0v) is 18.8. The summed E-state index contributed by atoms with van der Waals surface area (Å²) >= 11 is 0. The molecule has 2 heterocycles.